The van der Waals surface area contributed by atoms with Gasteiger partial charge in [0.15, 0.2) is 11.2 Å². The number of rotatable bonds is 8. The zero-order valence-corrected chi connectivity index (χ0v) is 40.5. The molecule has 0 aliphatic carbocycles. The van der Waals surface area contributed by atoms with E-state index in [0.29, 0.717) is 0 Å². The van der Waals surface area contributed by atoms with Crippen LogP contribution in [0.15, 0.2) is 227 Å². The number of furan rings is 2. The summed E-state index contributed by atoms with van der Waals surface area (Å²) in [6.07, 6.45) is 0. The Bertz CT molecular complexity index is 4160. The number of nitrogens with zero attached hydrogens (tertiary/aromatic N) is 2. The van der Waals surface area contributed by atoms with E-state index in [1.807, 2.05) is 0 Å². The Balaban J connectivity index is 1.04. The van der Waals surface area contributed by atoms with Crippen molar-refractivity contribution in [2.75, 3.05) is 9.80 Å². The summed E-state index contributed by atoms with van der Waals surface area (Å²) < 4.78 is 14.3. The molecule has 2 heterocycles. The van der Waals surface area contributed by atoms with Crippen LogP contribution in [0.5, 0.6) is 0 Å². The molecule has 0 N–H and O–H groups in total. The van der Waals surface area contributed by atoms with Crippen LogP contribution in [-0.4, -0.2) is 0 Å². The summed E-state index contributed by atoms with van der Waals surface area (Å²) in [4.78, 5) is 4.89. The lowest BCUT2D eigenvalue weighted by molar-refractivity contribution is 0.670. The van der Waals surface area contributed by atoms with Crippen molar-refractivity contribution in [1.82, 2.24) is 0 Å². The van der Waals surface area contributed by atoms with Crippen LogP contribution in [-0.2, 0) is 0 Å². The third-order valence-corrected chi connectivity index (χ3v) is 15.1. The zero-order valence-electron chi connectivity index (χ0n) is 40.5. The lowest BCUT2D eigenvalue weighted by Crippen LogP contribution is -2.13. The molecule has 0 amide bonds. The first-order valence-electron chi connectivity index (χ1n) is 24.8. The van der Waals surface area contributed by atoms with Gasteiger partial charge in [-0.05, 0) is 119 Å². The topological polar surface area (TPSA) is 32.8 Å². The second kappa shape index (κ2) is 16.2. The van der Waals surface area contributed by atoms with Gasteiger partial charge in [0, 0.05) is 54.8 Å². The third kappa shape index (κ3) is 6.25. The molecule has 2 aromatic heterocycles. The highest BCUT2D eigenvalue weighted by Gasteiger charge is 2.28. The Morgan fingerprint density at radius 3 is 1.01 bits per heavy atom. The van der Waals surface area contributed by atoms with Gasteiger partial charge < -0.3 is 18.6 Å². The van der Waals surface area contributed by atoms with Gasteiger partial charge in [0.05, 0.1) is 22.7 Å². The maximum atomic E-state index is 7.16. The second-order valence-corrected chi connectivity index (χ2v) is 19.3. The molecular weight excluding hydrogens is 877 g/mol. The first-order valence-corrected chi connectivity index (χ1v) is 24.8. The summed E-state index contributed by atoms with van der Waals surface area (Å²) in [6.45, 7) is 8.94. The molecule has 72 heavy (non-hydrogen) atoms. The fourth-order valence-corrected chi connectivity index (χ4v) is 11.7. The Hall–Kier alpha value is -9.12. The molecule has 0 aliphatic rings. The van der Waals surface area contributed by atoms with Crippen LogP contribution in [0.4, 0.5) is 34.1 Å². The Labute approximate surface area is 417 Å². The van der Waals surface area contributed by atoms with Gasteiger partial charge in [-0.25, -0.2) is 0 Å². The Morgan fingerprint density at radius 1 is 0.250 bits per heavy atom. The summed E-state index contributed by atoms with van der Waals surface area (Å²) in [7, 11) is 0. The van der Waals surface area contributed by atoms with Crippen LogP contribution in [0.2, 0.25) is 0 Å². The highest BCUT2D eigenvalue weighted by atomic mass is 16.3. The van der Waals surface area contributed by atoms with Crippen LogP contribution < -0.4 is 9.80 Å². The molecule has 4 heteroatoms. The Morgan fingerprint density at radius 2 is 0.597 bits per heavy atom. The highest BCUT2D eigenvalue weighted by Crippen LogP contribution is 2.53. The van der Waals surface area contributed by atoms with Crippen molar-refractivity contribution < 1.29 is 8.83 Å². The number of aryl methyl sites for hydroxylation is 4. The lowest BCUT2D eigenvalue weighted by atomic mass is 9.88. The molecule has 0 fully saturated rings. The fourth-order valence-electron chi connectivity index (χ4n) is 11.7. The summed E-state index contributed by atoms with van der Waals surface area (Å²) in [5.41, 5.74) is 19.0. The number of benzene rings is 12. The van der Waals surface area contributed by atoms with E-state index in [9.17, 15) is 0 Å². The minimum atomic E-state index is 0.852. The molecule has 4 nitrogen and oxygen atoms in total. The van der Waals surface area contributed by atoms with E-state index in [1.54, 1.807) is 0 Å². The van der Waals surface area contributed by atoms with Crippen LogP contribution in [0.25, 0.3) is 98.4 Å². The molecule has 0 bridgehead atoms. The van der Waals surface area contributed by atoms with Gasteiger partial charge in [0.1, 0.15) is 11.2 Å². The van der Waals surface area contributed by atoms with Gasteiger partial charge >= 0.3 is 0 Å². The van der Waals surface area contributed by atoms with Gasteiger partial charge in [-0.3, -0.25) is 0 Å². The average Bonchev–Trinajstić information content (AvgIpc) is 4.01. The predicted molar refractivity (Wildman–Crippen MR) is 304 cm³/mol. The molecule has 0 aliphatic heterocycles. The van der Waals surface area contributed by atoms with Crippen LogP contribution in [0, 0.1) is 27.7 Å². The van der Waals surface area contributed by atoms with Gasteiger partial charge in [-0.2, -0.15) is 0 Å². The minimum Gasteiger partial charge on any atom is -0.453 e. The normalized spacial score (nSPS) is 11.9. The summed E-state index contributed by atoms with van der Waals surface area (Å²) in [6, 6.07) is 78.9. The van der Waals surface area contributed by atoms with E-state index in [2.05, 4.69) is 256 Å². The number of fused-ring (bicyclic) bond motifs is 6. The fraction of sp³-hybridized carbons (Fsp3) is 0.0588. The van der Waals surface area contributed by atoms with E-state index < -0.39 is 0 Å². The van der Waals surface area contributed by atoms with Crippen LogP contribution in [0.3, 0.4) is 0 Å². The smallest absolute Gasteiger partial charge is 0.159 e. The molecule has 14 rings (SSSR count). The van der Waals surface area contributed by atoms with Gasteiger partial charge in [-0.15, -0.1) is 0 Å². The second-order valence-electron chi connectivity index (χ2n) is 19.3. The Kier molecular flexibility index (Phi) is 9.43. The zero-order chi connectivity index (χ0) is 48.2. The molecule has 14 aromatic rings. The largest absolute Gasteiger partial charge is 0.453 e. The monoisotopic (exact) mass is 924 g/mol. The van der Waals surface area contributed by atoms with Crippen molar-refractivity contribution in [3.05, 3.63) is 241 Å². The van der Waals surface area contributed by atoms with Crippen LogP contribution >= 0.6 is 0 Å². The molecule has 0 radical (unpaired) electrons. The standard InChI is InChI=1S/C68H48N2O2/c1-41-19-11-13-31-57(41)69(59-33-17-29-53-51-27-15-25-49(65(51)71-67(53)59)45-21-7-5-8-22-45)61-39-43(3)47-36-38-56-62(40-44(4)48-35-37-55(61)63(47)64(48)56)70(58-32-14-12-20-42(58)2)60-34-18-30-54-52-28-16-26-50(66(52)72-68(54)60)46-23-9-6-10-24-46/h5-40H,1-4H3. The van der Waals surface area contributed by atoms with Crippen molar-refractivity contribution in [3.8, 4) is 22.3 Å². The first-order chi connectivity index (χ1) is 35.4. The van der Waals surface area contributed by atoms with Crippen LogP contribution in [0.1, 0.15) is 22.3 Å². The number of hydrogen-bond donors (Lipinski definition) is 0. The quantitative estimate of drug-likeness (QED) is 0.142. The van der Waals surface area contributed by atoms with Gasteiger partial charge in [0.2, 0.25) is 0 Å². The van der Waals surface area contributed by atoms with Crippen molar-refractivity contribution in [2.24, 2.45) is 0 Å². The van der Waals surface area contributed by atoms with Crippen molar-refractivity contribution in [1.29, 1.82) is 0 Å². The average molecular weight is 925 g/mol. The molecule has 12 aromatic carbocycles. The number of para-hydroxylation sites is 6. The molecule has 0 unspecified atom stereocenters. The lowest BCUT2D eigenvalue weighted by Gasteiger charge is -2.31. The molecule has 342 valence electrons. The maximum absolute atomic E-state index is 7.16. The van der Waals surface area contributed by atoms with Gasteiger partial charge in [-0.1, -0.05) is 182 Å². The van der Waals surface area contributed by atoms with Gasteiger partial charge in [0.25, 0.3) is 0 Å². The predicted octanol–water partition coefficient (Wildman–Crippen LogP) is 19.9. The van der Waals surface area contributed by atoms with E-state index in [0.717, 1.165) is 100 Å². The van der Waals surface area contributed by atoms with E-state index in [-0.39, 0.29) is 0 Å². The molecule has 0 saturated carbocycles. The SMILES string of the molecule is Cc1ccccc1N(c1cc(C)c2ccc3c(N(c4ccccc4C)c4cccc5c4oc4c(-c6ccccc6)cccc45)cc(C)c4ccc1c2c43)c1cccc2c1oc1c(-c3ccccc3)cccc12. The van der Waals surface area contributed by atoms with E-state index in [4.69, 9.17) is 8.83 Å². The van der Waals surface area contributed by atoms with Crippen molar-refractivity contribution in [3.63, 3.8) is 0 Å². The maximum Gasteiger partial charge on any atom is 0.159 e. The van der Waals surface area contributed by atoms with E-state index >= 15 is 0 Å². The summed E-state index contributed by atoms with van der Waals surface area (Å²) >= 11 is 0. The molecular formula is C68H48N2O2. The van der Waals surface area contributed by atoms with Crippen molar-refractivity contribution in [2.45, 2.75) is 27.7 Å². The highest BCUT2D eigenvalue weighted by molar-refractivity contribution is 6.30. The van der Waals surface area contributed by atoms with Crippen molar-refractivity contribution >= 4 is 110 Å². The summed E-state index contributed by atoms with van der Waals surface area (Å²) in [5.74, 6) is 0. The molecule has 0 atom stereocenters. The summed E-state index contributed by atoms with van der Waals surface area (Å²) in [5, 5.41) is 11.7. The number of hydrogen-bond acceptors (Lipinski definition) is 4. The first kappa shape index (κ1) is 41.8. The number of anilines is 6. The van der Waals surface area contributed by atoms with E-state index in [1.165, 1.54) is 54.6 Å². The molecule has 0 spiro atoms. The molecule has 0 saturated heterocycles. The third-order valence-electron chi connectivity index (χ3n) is 15.1. The minimum absolute atomic E-state index is 0.852.